The first-order chi connectivity index (χ1) is 9.57. The van der Waals surface area contributed by atoms with Crippen LogP contribution in [0, 0.1) is 6.92 Å². The summed E-state index contributed by atoms with van der Waals surface area (Å²) in [7, 11) is -3.88. The molecular weight excluding hydrogens is 298 g/mol. The lowest BCUT2D eigenvalue weighted by Crippen LogP contribution is -2.42. The van der Waals surface area contributed by atoms with Gasteiger partial charge in [0.1, 0.15) is 5.82 Å². The molecule has 1 aromatic heterocycles. The quantitative estimate of drug-likeness (QED) is 0.625. The Morgan fingerprint density at radius 1 is 1.52 bits per heavy atom. The van der Waals surface area contributed by atoms with E-state index >= 15 is 0 Å². The average molecular weight is 319 g/mol. The van der Waals surface area contributed by atoms with E-state index in [0.717, 1.165) is 6.42 Å². The molecule has 0 spiro atoms. The molecule has 0 aliphatic carbocycles. The summed E-state index contributed by atoms with van der Waals surface area (Å²) in [6.07, 6.45) is 1.71. The summed E-state index contributed by atoms with van der Waals surface area (Å²) in [5.74, 6) is -0.628. The Balaban J connectivity index is 2.82. The van der Waals surface area contributed by atoms with Gasteiger partial charge >= 0.3 is 5.97 Å². The van der Waals surface area contributed by atoms with Gasteiger partial charge in [0.2, 0.25) is 0 Å². The van der Waals surface area contributed by atoms with E-state index in [1.54, 1.807) is 11.5 Å². The van der Waals surface area contributed by atoms with Crippen LogP contribution in [0.4, 0.5) is 0 Å². The molecule has 0 aromatic carbocycles. The third kappa shape index (κ3) is 5.10. The monoisotopic (exact) mass is 319 g/mol. The van der Waals surface area contributed by atoms with Crippen LogP contribution in [-0.4, -0.2) is 46.3 Å². The van der Waals surface area contributed by atoms with Crippen molar-refractivity contribution in [3.63, 3.8) is 0 Å². The van der Waals surface area contributed by atoms with Crippen molar-refractivity contribution in [2.24, 2.45) is 0 Å². The van der Waals surface area contributed by atoms with Gasteiger partial charge in [0.15, 0.2) is 5.03 Å². The molecular formula is C12H21N3O5S. The molecule has 1 aromatic rings. The summed E-state index contributed by atoms with van der Waals surface area (Å²) in [4.78, 5) is 14.6. The second-order valence-corrected chi connectivity index (χ2v) is 6.93. The van der Waals surface area contributed by atoms with Crippen LogP contribution in [0.1, 0.15) is 32.5 Å². The Morgan fingerprint density at radius 3 is 2.67 bits per heavy atom. The number of aryl methyl sites for hydroxylation is 2. The van der Waals surface area contributed by atoms with Gasteiger partial charge < -0.3 is 14.8 Å². The van der Waals surface area contributed by atoms with Crippen molar-refractivity contribution in [2.75, 3.05) is 6.54 Å². The van der Waals surface area contributed by atoms with Crippen molar-refractivity contribution in [1.29, 1.82) is 0 Å². The molecule has 0 bridgehead atoms. The number of hydrogen-bond acceptors (Lipinski definition) is 5. The summed E-state index contributed by atoms with van der Waals surface area (Å²) in [5.41, 5.74) is -1.67. The molecule has 0 amide bonds. The van der Waals surface area contributed by atoms with E-state index in [1.165, 1.54) is 13.1 Å². The van der Waals surface area contributed by atoms with E-state index in [0.29, 0.717) is 12.4 Å². The van der Waals surface area contributed by atoms with Crippen molar-refractivity contribution in [2.45, 2.75) is 50.8 Å². The van der Waals surface area contributed by atoms with Gasteiger partial charge in [0.05, 0.1) is 12.0 Å². The van der Waals surface area contributed by atoms with Crippen molar-refractivity contribution >= 4 is 16.0 Å². The zero-order valence-corrected chi connectivity index (χ0v) is 13.1. The minimum Gasteiger partial charge on any atom is -0.481 e. The van der Waals surface area contributed by atoms with E-state index in [2.05, 4.69) is 9.71 Å². The van der Waals surface area contributed by atoms with Gasteiger partial charge in [-0.25, -0.2) is 18.1 Å². The highest BCUT2D eigenvalue weighted by Gasteiger charge is 2.28. The molecule has 0 aliphatic heterocycles. The number of sulfonamides is 1. The van der Waals surface area contributed by atoms with Crippen LogP contribution >= 0.6 is 0 Å². The average Bonchev–Trinajstić information content (AvgIpc) is 2.69. The van der Waals surface area contributed by atoms with Crippen LogP contribution in [0.3, 0.4) is 0 Å². The van der Waals surface area contributed by atoms with Crippen molar-refractivity contribution in [1.82, 2.24) is 14.3 Å². The SMILES string of the molecule is CCCn1cc(S(=O)(=O)NCC(C)(O)CC(=O)O)nc1C. The second-order valence-electron chi connectivity index (χ2n) is 5.21. The predicted molar refractivity (Wildman–Crippen MR) is 75.3 cm³/mol. The van der Waals surface area contributed by atoms with Crippen LogP contribution in [0.15, 0.2) is 11.2 Å². The summed E-state index contributed by atoms with van der Waals surface area (Å²) in [6, 6.07) is 0. The van der Waals surface area contributed by atoms with Crippen LogP contribution in [-0.2, 0) is 21.4 Å². The van der Waals surface area contributed by atoms with Gasteiger partial charge in [-0.3, -0.25) is 4.79 Å². The Hall–Kier alpha value is -1.45. The Bertz CT molecular complexity index is 606. The number of hydrogen-bond donors (Lipinski definition) is 3. The Labute approximate surface area is 123 Å². The van der Waals surface area contributed by atoms with E-state index in [4.69, 9.17) is 5.11 Å². The molecule has 0 saturated heterocycles. The predicted octanol–water partition coefficient (Wildman–Crippen LogP) is 0.106. The Morgan fingerprint density at radius 2 is 2.14 bits per heavy atom. The van der Waals surface area contributed by atoms with E-state index in [-0.39, 0.29) is 5.03 Å². The number of carboxylic acid groups (broad SMARTS) is 1. The lowest BCUT2D eigenvalue weighted by atomic mass is 10.0. The van der Waals surface area contributed by atoms with Crippen molar-refractivity contribution in [3.05, 3.63) is 12.0 Å². The number of aliphatic hydroxyl groups is 1. The van der Waals surface area contributed by atoms with Crippen LogP contribution in [0.5, 0.6) is 0 Å². The molecule has 1 heterocycles. The highest BCUT2D eigenvalue weighted by Crippen LogP contribution is 2.12. The fraction of sp³-hybridized carbons (Fsp3) is 0.667. The van der Waals surface area contributed by atoms with Crippen LogP contribution in [0.25, 0.3) is 0 Å². The maximum atomic E-state index is 12.1. The highest BCUT2D eigenvalue weighted by molar-refractivity contribution is 7.89. The van der Waals surface area contributed by atoms with E-state index in [9.17, 15) is 18.3 Å². The summed E-state index contributed by atoms with van der Waals surface area (Å²) >= 11 is 0. The lowest BCUT2D eigenvalue weighted by molar-refractivity contribution is -0.141. The largest absolute Gasteiger partial charge is 0.481 e. The highest BCUT2D eigenvalue weighted by atomic mass is 32.2. The van der Waals surface area contributed by atoms with Crippen LogP contribution < -0.4 is 4.72 Å². The maximum absolute atomic E-state index is 12.1. The molecule has 120 valence electrons. The standard InChI is InChI=1S/C12H21N3O5S/c1-4-5-15-7-10(14-9(15)2)21(19,20)13-8-12(3,18)6-11(16)17/h7,13,18H,4-6,8H2,1-3H3,(H,16,17). The number of imidazole rings is 1. The number of aliphatic carboxylic acids is 1. The number of aromatic nitrogens is 2. The topological polar surface area (TPSA) is 122 Å². The molecule has 21 heavy (non-hydrogen) atoms. The third-order valence-electron chi connectivity index (χ3n) is 2.87. The van der Waals surface area contributed by atoms with Gasteiger partial charge in [-0.1, -0.05) is 6.92 Å². The summed E-state index contributed by atoms with van der Waals surface area (Å²) in [6.45, 7) is 5.18. The number of nitrogens with one attached hydrogen (secondary N) is 1. The van der Waals surface area contributed by atoms with E-state index < -0.39 is 34.6 Å². The number of nitrogens with zero attached hydrogens (tertiary/aromatic N) is 2. The molecule has 8 nitrogen and oxygen atoms in total. The minimum absolute atomic E-state index is 0.139. The summed E-state index contributed by atoms with van der Waals surface area (Å²) in [5, 5.41) is 18.3. The minimum atomic E-state index is -3.88. The van der Waals surface area contributed by atoms with Crippen molar-refractivity contribution < 1.29 is 23.4 Å². The second kappa shape index (κ2) is 6.54. The zero-order valence-electron chi connectivity index (χ0n) is 12.3. The normalized spacial score (nSPS) is 14.9. The molecule has 1 unspecified atom stereocenters. The third-order valence-corrected chi connectivity index (χ3v) is 4.14. The van der Waals surface area contributed by atoms with E-state index in [1.807, 2.05) is 6.92 Å². The first-order valence-electron chi connectivity index (χ1n) is 6.55. The number of carboxylic acids is 1. The van der Waals surface area contributed by atoms with Gasteiger partial charge in [-0.2, -0.15) is 0 Å². The molecule has 0 aliphatic rings. The fourth-order valence-corrected chi connectivity index (χ4v) is 2.96. The molecule has 1 atom stereocenters. The van der Waals surface area contributed by atoms with Gasteiger partial charge in [-0.05, 0) is 20.3 Å². The summed E-state index contributed by atoms with van der Waals surface area (Å²) < 4.78 is 28.1. The van der Waals surface area contributed by atoms with Crippen LogP contribution in [0.2, 0.25) is 0 Å². The lowest BCUT2D eigenvalue weighted by Gasteiger charge is -2.20. The van der Waals surface area contributed by atoms with Gasteiger partial charge in [-0.15, -0.1) is 0 Å². The molecule has 3 N–H and O–H groups in total. The molecule has 0 saturated carbocycles. The van der Waals surface area contributed by atoms with Gasteiger partial charge in [0, 0.05) is 19.3 Å². The molecule has 9 heteroatoms. The maximum Gasteiger partial charge on any atom is 0.306 e. The fourth-order valence-electron chi connectivity index (χ4n) is 1.79. The number of carbonyl (C=O) groups is 1. The molecule has 1 rings (SSSR count). The molecule has 0 fully saturated rings. The first-order valence-corrected chi connectivity index (χ1v) is 8.03. The molecule has 0 radical (unpaired) electrons. The zero-order chi connectivity index (χ0) is 16.3. The first kappa shape index (κ1) is 17.6. The van der Waals surface area contributed by atoms with Gasteiger partial charge in [0.25, 0.3) is 10.0 Å². The number of rotatable bonds is 8. The smallest absolute Gasteiger partial charge is 0.306 e. The van der Waals surface area contributed by atoms with Crippen molar-refractivity contribution in [3.8, 4) is 0 Å². The Kier molecular flexibility index (Phi) is 5.48.